The Labute approximate surface area is 82.0 Å². The van der Waals surface area contributed by atoms with Gasteiger partial charge in [0.05, 0.1) is 0 Å². The smallest absolute Gasteiger partial charge is 0.0166 e. The van der Waals surface area contributed by atoms with Gasteiger partial charge in [0.15, 0.2) is 0 Å². The van der Waals surface area contributed by atoms with Gasteiger partial charge >= 0.3 is 0 Å². The summed E-state index contributed by atoms with van der Waals surface area (Å²) in [5.41, 5.74) is 0. The molecular weight excluding hydrogens is 160 g/mol. The zero-order chi connectivity index (χ0) is 9.36. The zero-order valence-corrected chi connectivity index (χ0v) is 8.76. The fraction of sp³-hybridized carbons (Fsp3) is 0.818. The largest absolute Gasteiger partial charge is 0.317 e. The quantitative estimate of drug-likeness (QED) is 0.653. The predicted molar refractivity (Wildman–Crippen MR) is 58.0 cm³/mol. The lowest BCUT2D eigenvalue weighted by atomic mass is 10.4. The van der Waals surface area contributed by atoms with Crippen LogP contribution in [0.2, 0.25) is 0 Å². The van der Waals surface area contributed by atoms with Crippen molar-refractivity contribution in [2.24, 2.45) is 0 Å². The van der Waals surface area contributed by atoms with Gasteiger partial charge in [0.2, 0.25) is 0 Å². The second-order valence-corrected chi connectivity index (χ2v) is 3.69. The van der Waals surface area contributed by atoms with Crippen molar-refractivity contribution < 1.29 is 0 Å². The Kier molecular flexibility index (Phi) is 5.87. The first-order valence-electron chi connectivity index (χ1n) is 5.51. The Hall–Kier alpha value is -0.340. The first kappa shape index (κ1) is 10.7. The third-order valence-corrected chi connectivity index (χ3v) is 2.39. The van der Waals surface area contributed by atoms with Crippen LogP contribution >= 0.6 is 0 Å². The molecule has 1 N–H and O–H groups in total. The highest BCUT2D eigenvalue weighted by Gasteiger charge is 2.01. The first-order chi connectivity index (χ1) is 6.43. The van der Waals surface area contributed by atoms with Crippen LogP contribution in [-0.4, -0.2) is 37.6 Å². The molecule has 13 heavy (non-hydrogen) atoms. The van der Waals surface area contributed by atoms with Crippen molar-refractivity contribution >= 4 is 0 Å². The van der Waals surface area contributed by atoms with Crippen molar-refractivity contribution in [1.29, 1.82) is 0 Å². The minimum Gasteiger partial charge on any atom is -0.317 e. The van der Waals surface area contributed by atoms with Crippen molar-refractivity contribution in [2.75, 3.05) is 32.7 Å². The molecule has 2 nitrogen and oxygen atoms in total. The molecule has 2 aliphatic heterocycles. The fourth-order valence-corrected chi connectivity index (χ4v) is 1.65. The Morgan fingerprint density at radius 2 is 1.77 bits per heavy atom. The van der Waals surface area contributed by atoms with E-state index < -0.39 is 0 Å². The maximum atomic E-state index is 3.22. The molecule has 0 spiro atoms. The van der Waals surface area contributed by atoms with Gasteiger partial charge in [-0.3, -0.25) is 4.90 Å². The van der Waals surface area contributed by atoms with Crippen molar-refractivity contribution in [2.45, 2.75) is 26.2 Å². The summed E-state index contributed by atoms with van der Waals surface area (Å²) in [5.74, 6) is 0. The summed E-state index contributed by atoms with van der Waals surface area (Å²) in [6.45, 7) is 8.33. The molecule has 0 atom stereocenters. The van der Waals surface area contributed by atoms with Crippen LogP contribution < -0.4 is 5.32 Å². The van der Waals surface area contributed by atoms with Crippen molar-refractivity contribution in [1.82, 2.24) is 10.2 Å². The lowest BCUT2D eigenvalue weighted by Crippen LogP contribution is -2.20. The van der Waals surface area contributed by atoms with E-state index in [0.717, 1.165) is 0 Å². The molecule has 0 radical (unpaired) electrons. The second kappa shape index (κ2) is 7.10. The third-order valence-electron chi connectivity index (χ3n) is 2.39. The maximum absolute atomic E-state index is 3.22. The average molecular weight is 182 g/mol. The molecule has 2 aliphatic rings. The van der Waals surface area contributed by atoms with Crippen LogP contribution in [0.3, 0.4) is 0 Å². The van der Waals surface area contributed by atoms with Gasteiger partial charge in [-0.2, -0.15) is 0 Å². The van der Waals surface area contributed by atoms with Gasteiger partial charge in [0.1, 0.15) is 0 Å². The van der Waals surface area contributed by atoms with Gasteiger partial charge in [0, 0.05) is 13.1 Å². The third kappa shape index (κ3) is 5.06. The van der Waals surface area contributed by atoms with Gasteiger partial charge in [-0.15, -0.1) is 0 Å². The summed E-state index contributed by atoms with van der Waals surface area (Å²) < 4.78 is 0. The molecule has 76 valence electrons. The molecule has 0 amide bonds. The van der Waals surface area contributed by atoms with Crippen LogP contribution in [-0.2, 0) is 0 Å². The minimum absolute atomic E-state index is 1.17. The highest BCUT2D eigenvalue weighted by Crippen LogP contribution is 1.98. The second-order valence-electron chi connectivity index (χ2n) is 3.69. The Morgan fingerprint density at radius 1 is 1.15 bits per heavy atom. The highest BCUT2D eigenvalue weighted by atomic mass is 15.1. The summed E-state index contributed by atoms with van der Waals surface area (Å²) in [5, 5.41) is 3.22. The van der Waals surface area contributed by atoms with E-state index in [9.17, 15) is 0 Å². The summed E-state index contributed by atoms with van der Waals surface area (Å²) >= 11 is 0. The normalized spacial score (nSPS) is 21.6. The number of nitrogens with zero attached hydrogens (tertiary/aromatic N) is 1. The zero-order valence-electron chi connectivity index (χ0n) is 8.76. The number of rotatable bonds is 2. The van der Waals surface area contributed by atoms with Crippen LogP contribution in [0, 0.1) is 0 Å². The van der Waals surface area contributed by atoms with Crippen molar-refractivity contribution in [3.63, 3.8) is 0 Å². The van der Waals surface area contributed by atoms with E-state index in [0.29, 0.717) is 0 Å². The van der Waals surface area contributed by atoms with E-state index in [1.807, 2.05) is 0 Å². The van der Waals surface area contributed by atoms with E-state index in [2.05, 4.69) is 29.3 Å². The standard InChI is InChI=1S/C7H13N.C4H9N/c1-2-5-8-6-3-4-7-8;1-2-4-5-3-1/h3-4H,2,5-7H2,1H3;5H,1-4H2. The maximum Gasteiger partial charge on any atom is 0.0166 e. The SMILES string of the molecule is C1CCNC1.CCCN1CC=CC1. The molecule has 0 aromatic carbocycles. The van der Waals surface area contributed by atoms with Gasteiger partial charge in [-0.1, -0.05) is 19.1 Å². The Balaban J connectivity index is 0.000000145. The molecule has 1 fully saturated rings. The average Bonchev–Trinajstić information content (AvgIpc) is 2.79. The monoisotopic (exact) mass is 182 g/mol. The molecule has 0 aliphatic carbocycles. The first-order valence-corrected chi connectivity index (χ1v) is 5.51. The molecule has 2 heteroatoms. The summed E-state index contributed by atoms with van der Waals surface area (Å²) in [7, 11) is 0. The fourth-order valence-electron chi connectivity index (χ4n) is 1.65. The van der Waals surface area contributed by atoms with Gasteiger partial charge < -0.3 is 5.32 Å². The Bertz CT molecular complexity index is 123. The molecule has 2 heterocycles. The van der Waals surface area contributed by atoms with Crippen LogP contribution in [0.5, 0.6) is 0 Å². The number of nitrogens with one attached hydrogen (secondary N) is 1. The van der Waals surface area contributed by atoms with Crippen LogP contribution in [0.1, 0.15) is 26.2 Å². The number of hydrogen-bond donors (Lipinski definition) is 1. The van der Waals surface area contributed by atoms with E-state index >= 15 is 0 Å². The van der Waals surface area contributed by atoms with Crippen molar-refractivity contribution in [3.8, 4) is 0 Å². The molecule has 1 saturated heterocycles. The molecule has 2 rings (SSSR count). The summed E-state index contributed by atoms with van der Waals surface area (Å²) in [6.07, 6.45) is 8.52. The lowest BCUT2D eigenvalue weighted by Gasteiger charge is -2.11. The topological polar surface area (TPSA) is 15.3 Å². The minimum atomic E-state index is 1.17. The molecule has 0 aromatic rings. The predicted octanol–water partition coefficient (Wildman–Crippen LogP) is 1.64. The summed E-state index contributed by atoms with van der Waals surface area (Å²) in [4.78, 5) is 2.43. The van der Waals surface area contributed by atoms with Gasteiger partial charge in [-0.25, -0.2) is 0 Å². The van der Waals surface area contributed by atoms with Crippen LogP contribution in [0.15, 0.2) is 12.2 Å². The van der Waals surface area contributed by atoms with Gasteiger partial charge in [-0.05, 0) is 38.9 Å². The van der Waals surface area contributed by atoms with E-state index in [-0.39, 0.29) is 0 Å². The lowest BCUT2D eigenvalue weighted by molar-refractivity contribution is 0.353. The molecular formula is C11H22N2. The van der Waals surface area contributed by atoms with Crippen LogP contribution in [0.4, 0.5) is 0 Å². The summed E-state index contributed by atoms with van der Waals surface area (Å²) in [6, 6.07) is 0. The van der Waals surface area contributed by atoms with Gasteiger partial charge in [0.25, 0.3) is 0 Å². The van der Waals surface area contributed by atoms with E-state index in [4.69, 9.17) is 0 Å². The van der Waals surface area contributed by atoms with E-state index in [1.165, 1.54) is 52.0 Å². The molecule has 0 unspecified atom stereocenters. The Morgan fingerprint density at radius 3 is 2.15 bits per heavy atom. The number of hydrogen-bond acceptors (Lipinski definition) is 2. The van der Waals surface area contributed by atoms with Crippen LogP contribution in [0.25, 0.3) is 0 Å². The molecule has 0 aromatic heterocycles. The van der Waals surface area contributed by atoms with Crippen molar-refractivity contribution in [3.05, 3.63) is 12.2 Å². The van der Waals surface area contributed by atoms with E-state index in [1.54, 1.807) is 0 Å². The molecule has 0 saturated carbocycles. The highest BCUT2D eigenvalue weighted by molar-refractivity contribution is 4.94. The molecule has 0 bridgehead atoms.